The summed E-state index contributed by atoms with van der Waals surface area (Å²) in [5, 5.41) is 3.49. The number of rotatable bonds is 4. The Morgan fingerprint density at radius 1 is 1.38 bits per heavy atom. The van der Waals surface area contributed by atoms with Crippen molar-refractivity contribution in [1.82, 2.24) is 19.9 Å². The minimum absolute atomic E-state index is 0.741. The summed E-state index contributed by atoms with van der Waals surface area (Å²) in [6, 6.07) is 4.89. The highest BCUT2D eigenvalue weighted by atomic mass is 15.1. The van der Waals surface area contributed by atoms with Gasteiger partial charge < -0.3 is 5.32 Å². The zero-order valence-corrected chi connectivity index (χ0v) is 9.00. The molecule has 0 spiro atoms. The monoisotopic (exact) mass is 214 g/mol. The highest BCUT2D eigenvalue weighted by Crippen LogP contribution is 2.19. The standard InChI is InChI=1S/C12H14N4/c1-2-11(1)15-8-10-3-4-14-12(7-10)16-6-5-13-9-16/h3-7,9,11,15H,1-2,8H2. The molecule has 0 unspecified atom stereocenters. The summed E-state index contributed by atoms with van der Waals surface area (Å²) in [5.74, 6) is 0.924. The van der Waals surface area contributed by atoms with Gasteiger partial charge in [-0.15, -0.1) is 0 Å². The first kappa shape index (κ1) is 9.54. The van der Waals surface area contributed by atoms with Crippen LogP contribution < -0.4 is 5.32 Å². The lowest BCUT2D eigenvalue weighted by atomic mass is 10.2. The minimum atomic E-state index is 0.741. The molecule has 0 aliphatic heterocycles. The lowest BCUT2D eigenvalue weighted by Gasteiger charge is -2.05. The summed E-state index contributed by atoms with van der Waals surface area (Å²) in [6.45, 7) is 0.925. The van der Waals surface area contributed by atoms with Crippen molar-refractivity contribution in [3.05, 3.63) is 42.6 Å². The first-order valence-electron chi connectivity index (χ1n) is 5.58. The maximum atomic E-state index is 4.32. The number of imidazole rings is 1. The van der Waals surface area contributed by atoms with Crippen molar-refractivity contribution in [3.63, 3.8) is 0 Å². The summed E-state index contributed by atoms with van der Waals surface area (Å²) < 4.78 is 1.92. The number of nitrogens with one attached hydrogen (secondary N) is 1. The van der Waals surface area contributed by atoms with Gasteiger partial charge >= 0.3 is 0 Å². The Bertz CT molecular complexity index is 460. The molecule has 16 heavy (non-hydrogen) atoms. The Morgan fingerprint density at radius 3 is 3.06 bits per heavy atom. The summed E-state index contributed by atoms with van der Waals surface area (Å²) in [7, 11) is 0. The third-order valence-electron chi connectivity index (χ3n) is 2.75. The van der Waals surface area contributed by atoms with E-state index >= 15 is 0 Å². The molecular weight excluding hydrogens is 200 g/mol. The summed E-state index contributed by atoms with van der Waals surface area (Å²) in [5.41, 5.74) is 1.27. The quantitative estimate of drug-likeness (QED) is 0.839. The van der Waals surface area contributed by atoms with Gasteiger partial charge in [0, 0.05) is 31.2 Å². The topological polar surface area (TPSA) is 42.7 Å². The van der Waals surface area contributed by atoms with Crippen molar-refractivity contribution in [1.29, 1.82) is 0 Å². The second kappa shape index (κ2) is 4.06. The van der Waals surface area contributed by atoms with E-state index in [1.54, 1.807) is 12.5 Å². The van der Waals surface area contributed by atoms with E-state index in [9.17, 15) is 0 Å². The Kier molecular flexibility index (Phi) is 2.42. The Labute approximate surface area is 94.4 Å². The normalized spacial score (nSPS) is 15.2. The zero-order chi connectivity index (χ0) is 10.8. The van der Waals surface area contributed by atoms with Gasteiger partial charge in [0.2, 0.25) is 0 Å². The highest BCUT2D eigenvalue weighted by molar-refractivity contribution is 5.27. The highest BCUT2D eigenvalue weighted by Gasteiger charge is 2.19. The zero-order valence-electron chi connectivity index (χ0n) is 9.00. The van der Waals surface area contributed by atoms with Crippen molar-refractivity contribution in [2.24, 2.45) is 0 Å². The van der Waals surface area contributed by atoms with Crippen LogP contribution in [-0.4, -0.2) is 20.6 Å². The van der Waals surface area contributed by atoms with Gasteiger partial charge in [0.1, 0.15) is 12.1 Å². The van der Waals surface area contributed by atoms with Gasteiger partial charge in [-0.05, 0) is 30.5 Å². The number of aromatic nitrogens is 3. The largest absolute Gasteiger partial charge is 0.310 e. The predicted molar refractivity (Wildman–Crippen MR) is 61.2 cm³/mol. The van der Waals surface area contributed by atoms with Gasteiger partial charge in [-0.25, -0.2) is 9.97 Å². The van der Waals surface area contributed by atoms with E-state index < -0.39 is 0 Å². The van der Waals surface area contributed by atoms with Crippen LogP contribution in [0, 0.1) is 0 Å². The van der Waals surface area contributed by atoms with E-state index in [4.69, 9.17) is 0 Å². The second-order valence-corrected chi connectivity index (χ2v) is 4.15. The number of nitrogens with zero attached hydrogens (tertiary/aromatic N) is 3. The Hall–Kier alpha value is -1.68. The van der Waals surface area contributed by atoms with Crippen molar-refractivity contribution >= 4 is 0 Å². The maximum Gasteiger partial charge on any atom is 0.138 e. The summed E-state index contributed by atoms with van der Waals surface area (Å²) in [4.78, 5) is 8.34. The van der Waals surface area contributed by atoms with E-state index in [2.05, 4.69) is 27.4 Å². The van der Waals surface area contributed by atoms with Crippen LogP contribution in [0.5, 0.6) is 0 Å². The van der Waals surface area contributed by atoms with E-state index in [0.717, 1.165) is 18.4 Å². The third-order valence-corrected chi connectivity index (χ3v) is 2.75. The van der Waals surface area contributed by atoms with E-state index in [-0.39, 0.29) is 0 Å². The molecule has 0 bridgehead atoms. The molecule has 0 saturated heterocycles. The Morgan fingerprint density at radius 2 is 2.31 bits per heavy atom. The predicted octanol–water partition coefficient (Wildman–Crippen LogP) is 1.52. The maximum absolute atomic E-state index is 4.32. The van der Waals surface area contributed by atoms with Gasteiger partial charge in [0.15, 0.2) is 0 Å². The molecule has 0 amide bonds. The molecule has 3 rings (SSSR count). The van der Waals surface area contributed by atoms with E-state index in [0.29, 0.717) is 0 Å². The molecule has 1 fully saturated rings. The summed E-state index contributed by atoms with van der Waals surface area (Å²) >= 11 is 0. The molecule has 4 heteroatoms. The van der Waals surface area contributed by atoms with Crippen molar-refractivity contribution in [3.8, 4) is 5.82 Å². The lowest BCUT2D eigenvalue weighted by molar-refractivity contribution is 0.686. The molecule has 1 saturated carbocycles. The van der Waals surface area contributed by atoms with E-state index in [1.807, 2.05) is 17.0 Å². The first-order valence-corrected chi connectivity index (χ1v) is 5.58. The summed E-state index contributed by atoms with van der Waals surface area (Å²) in [6.07, 6.45) is 9.91. The van der Waals surface area contributed by atoms with Crippen molar-refractivity contribution < 1.29 is 0 Å². The molecule has 2 aromatic rings. The van der Waals surface area contributed by atoms with Crippen LogP contribution in [0.4, 0.5) is 0 Å². The van der Waals surface area contributed by atoms with Gasteiger partial charge in [0.05, 0.1) is 0 Å². The number of hydrogen-bond acceptors (Lipinski definition) is 3. The van der Waals surface area contributed by atoms with Crippen LogP contribution in [0.3, 0.4) is 0 Å². The van der Waals surface area contributed by atoms with Gasteiger partial charge in [-0.3, -0.25) is 4.57 Å². The molecule has 0 aromatic carbocycles. The molecule has 2 heterocycles. The van der Waals surface area contributed by atoms with Gasteiger partial charge in [-0.1, -0.05) is 0 Å². The van der Waals surface area contributed by atoms with Crippen LogP contribution in [0.2, 0.25) is 0 Å². The molecule has 1 N–H and O–H groups in total. The first-order chi connectivity index (χ1) is 7.92. The molecule has 1 aliphatic rings. The van der Waals surface area contributed by atoms with E-state index in [1.165, 1.54) is 18.4 Å². The lowest BCUT2D eigenvalue weighted by Crippen LogP contribution is -2.15. The molecular formula is C12H14N4. The van der Waals surface area contributed by atoms with Crippen LogP contribution >= 0.6 is 0 Å². The van der Waals surface area contributed by atoms with Gasteiger partial charge in [0.25, 0.3) is 0 Å². The van der Waals surface area contributed by atoms with Gasteiger partial charge in [-0.2, -0.15) is 0 Å². The smallest absolute Gasteiger partial charge is 0.138 e. The van der Waals surface area contributed by atoms with Crippen molar-refractivity contribution in [2.75, 3.05) is 0 Å². The molecule has 1 aliphatic carbocycles. The Balaban J connectivity index is 1.76. The SMILES string of the molecule is c1cn(-c2cc(CNC3CC3)ccn2)cn1. The molecule has 4 nitrogen and oxygen atoms in total. The molecule has 82 valence electrons. The average molecular weight is 214 g/mol. The molecule has 0 atom stereocenters. The fourth-order valence-electron chi connectivity index (χ4n) is 1.66. The molecule has 2 aromatic heterocycles. The average Bonchev–Trinajstić information content (AvgIpc) is 2.99. The van der Waals surface area contributed by atoms with Crippen LogP contribution in [0.15, 0.2) is 37.1 Å². The van der Waals surface area contributed by atoms with Crippen LogP contribution in [0.1, 0.15) is 18.4 Å². The molecule has 0 radical (unpaired) electrons. The van der Waals surface area contributed by atoms with Crippen LogP contribution in [0.25, 0.3) is 5.82 Å². The second-order valence-electron chi connectivity index (χ2n) is 4.15. The number of hydrogen-bond donors (Lipinski definition) is 1. The fourth-order valence-corrected chi connectivity index (χ4v) is 1.66. The number of pyridine rings is 1. The van der Waals surface area contributed by atoms with Crippen LogP contribution in [-0.2, 0) is 6.54 Å². The van der Waals surface area contributed by atoms with Crippen molar-refractivity contribution in [2.45, 2.75) is 25.4 Å². The minimum Gasteiger partial charge on any atom is -0.310 e. The fraction of sp³-hybridized carbons (Fsp3) is 0.333. The third kappa shape index (κ3) is 2.12.